The van der Waals surface area contributed by atoms with Gasteiger partial charge in [0.2, 0.25) is 5.95 Å². The fourth-order valence-corrected chi connectivity index (χ4v) is 2.83. The Balaban J connectivity index is 1.94. The number of carbonyl (C=O) groups excluding carboxylic acids is 1. The second kappa shape index (κ2) is 5.85. The summed E-state index contributed by atoms with van der Waals surface area (Å²) in [6, 6.07) is 5.46. The van der Waals surface area contributed by atoms with Gasteiger partial charge in [0.25, 0.3) is 5.91 Å². The number of nitrogens with one attached hydrogen (secondary N) is 2. The number of halogens is 3. The van der Waals surface area contributed by atoms with Crippen LogP contribution in [0.3, 0.4) is 0 Å². The number of nitrogens with zero attached hydrogens (tertiary/aromatic N) is 3. The minimum atomic E-state index is -0.327. The third-order valence-corrected chi connectivity index (χ3v) is 4.28. The molecule has 21 heavy (non-hydrogen) atoms. The van der Waals surface area contributed by atoms with Crippen molar-refractivity contribution in [3.63, 3.8) is 0 Å². The first-order valence-electron chi connectivity index (χ1n) is 5.67. The second-order valence-corrected chi connectivity index (χ2v) is 6.48. The molecular formula is C12H6BrClIN5O. The van der Waals surface area contributed by atoms with Gasteiger partial charge in [-0.2, -0.15) is 9.97 Å². The summed E-state index contributed by atoms with van der Waals surface area (Å²) >= 11 is 11.5. The van der Waals surface area contributed by atoms with Gasteiger partial charge in [-0.3, -0.25) is 10.1 Å². The maximum atomic E-state index is 12.3. The molecule has 2 aromatic heterocycles. The maximum Gasteiger partial charge on any atom is 0.259 e. The lowest BCUT2D eigenvalue weighted by molar-refractivity contribution is 0.102. The monoisotopic (exact) mass is 477 g/mol. The fourth-order valence-electron chi connectivity index (χ4n) is 1.69. The Bertz CT molecular complexity index is 853. The topological polar surface area (TPSA) is 83.6 Å². The molecule has 0 saturated carbocycles. The standard InChI is InChI=1S/C12H6BrClIN5O/c13-7-2-1-5(15)3-6(7)11(21)20-12-18-9(14)8-10(19-12)17-4-16-8/h1-4H,(H2,16,17,18,19,20,21). The van der Waals surface area contributed by atoms with Gasteiger partial charge in [-0.1, -0.05) is 11.6 Å². The highest BCUT2D eigenvalue weighted by molar-refractivity contribution is 14.1. The van der Waals surface area contributed by atoms with Gasteiger partial charge >= 0.3 is 0 Å². The van der Waals surface area contributed by atoms with Gasteiger partial charge in [-0.25, -0.2) is 4.98 Å². The molecule has 3 aromatic rings. The van der Waals surface area contributed by atoms with Crippen LogP contribution in [0.1, 0.15) is 10.4 Å². The van der Waals surface area contributed by atoms with Crippen LogP contribution in [-0.2, 0) is 0 Å². The number of benzene rings is 1. The minimum absolute atomic E-state index is 0.107. The number of aromatic nitrogens is 4. The third kappa shape index (κ3) is 3.01. The van der Waals surface area contributed by atoms with Gasteiger partial charge in [-0.15, -0.1) is 0 Å². The number of H-pyrrole nitrogens is 1. The molecule has 0 spiro atoms. The van der Waals surface area contributed by atoms with Crippen molar-refractivity contribution < 1.29 is 4.79 Å². The molecule has 1 aromatic carbocycles. The summed E-state index contributed by atoms with van der Waals surface area (Å²) in [6.45, 7) is 0. The number of hydrogen-bond acceptors (Lipinski definition) is 4. The molecule has 0 aliphatic rings. The van der Waals surface area contributed by atoms with Gasteiger partial charge < -0.3 is 4.98 Å². The van der Waals surface area contributed by atoms with Crippen molar-refractivity contribution in [2.75, 3.05) is 5.32 Å². The van der Waals surface area contributed by atoms with Crippen LogP contribution >= 0.6 is 50.1 Å². The molecule has 2 heterocycles. The van der Waals surface area contributed by atoms with E-state index in [4.69, 9.17) is 11.6 Å². The summed E-state index contributed by atoms with van der Waals surface area (Å²) in [6.07, 6.45) is 1.47. The number of fused-ring (bicyclic) bond motifs is 1. The quantitative estimate of drug-likeness (QED) is 0.435. The molecule has 2 N–H and O–H groups in total. The van der Waals surface area contributed by atoms with Crippen molar-refractivity contribution in [2.45, 2.75) is 0 Å². The van der Waals surface area contributed by atoms with Crippen molar-refractivity contribution >= 4 is 73.1 Å². The van der Waals surface area contributed by atoms with Crippen LogP contribution in [-0.4, -0.2) is 25.8 Å². The molecular weight excluding hydrogens is 472 g/mol. The first kappa shape index (κ1) is 14.7. The van der Waals surface area contributed by atoms with E-state index in [2.05, 4.69) is 63.8 Å². The van der Waals surface area contributed by atoms with E-state index in [1.165, 1.54) is 6.33 Å². The largest absolute Gasteiger partial charge is 0.341 e. The van der Waals surface area contributed by atoms with Gasteiger partial charge in [0, 0.05) is 8.04 Å². The zero-order valence-corrected chi connectivity index (χ0v) is 14.7. The average molecular weight is 478 g/mol. The van der Waals surface area contributed by atoms with Crippen molar-refractivity contribution in [2.24, 2.45) is 0 Å². The Hall–Kier alpha value is -1.26. The van der Waals surface area contributed by atoms with E-state index in [1.54, 1.807) is 12.1 Å². The molecule has 6 nitrogen and oxygen atoms in total. The number of imidazole rings is 1. The highest BCUT2D eigenvalue weighted by atomic mass is 127. The number of rotatable bonds is 2. The maximum absolute atomic E-state index is 12.3. The van der Waals surface area contributed by atoms with Crippen LogP contribution in [0.4, 0.5) is 5.95 Å². The summed E-state index contributed by atoms with van der Waals surface area (Å²) in [5.74, 6) is -0.221. The fraction of sp³-hybridized carbons (Fsp3) is 0. The lowest BCUT2D eigenvalue weighted by Crippen LogP contribution is -2.15. The Morgan fingerprint density at radius 1 is 1.38 bits per heavy atom. The predicted octanol–water partition coefficient (Wildman–Crippen LogP) is 3.63. The van der Waals surface area contributed by atoms with Gasteiger partial charge in [0.05, 0.1) is 11.9 Å². The molecule has 106 valence electrons. The molecule has 0 saturated heterocycles. The highest BCUT2D eigenvalue weighted by Gasteiger charge is 2.14. The Morgan fingerprint density at radius 3 is 3.00 bits per heavy atom. The number of aromatic amines is 1. The van der Waals surface area contributed by atoms with Crippen molar-refractivity contribution in [3.05, 3.63) is 43.3 Å². The predicted molar refractivity (Wildman–Crippen MR) is 91.5 cm³/mol. The molecule has 0 bridgehead atoms. The summed E-state index contributed by atoms with van der Waals surface area (Å²) in [7, 11) is 0. The SMILES string of the molecule is O=C(Nc1nc(Cl)c2[nH]cnc2n1)c1cc(I)ccc1Br. The number of carbonyl (C=O) groups is 1. The van der Waals surface area contributed by atoms with E-state index in [9.17, 15) is 4.79 Å². The lowest BCUT2D eigenvalue weighted by Gasteiger charge is -2.06. The smallest absolute Gasteiger partial charge is 0.259 e. The van der Waals surface area contributed by atoms with Crippen molar-refractivity contribution in [1.82, 2.24) is 19.9 Å². The van der Waals surface area contributed by atoms with Crippen molar-refractivity contribution in [3.8, 4) is 0 Å². The zero-order chi connectivity index (χ0) is 15.0. The van der Waals surface area contributed by atoms with Crippen LogP contribution in [0, 0.1) is 3.57 Å². The minimum Gasteiger partial charge on any atom is -0.341 e. The van der Waals surface area contributed by atoms with Crippen LogP contribution in [0.5, 0.6) is 0 Å². The van der Waals surface area contributed by atoms with Crippen molar-refractivity contribution in [1.29, 1.82) is 0 Å². The Morgan fingerprint density at radius 2 is 2.19 bits per heavy atom. The number of hydrogen-bond donors (Lipinski definition) is 2. The molecule has 9 heteroatoms. The molecule has 0 fully saturated rings. The second-order valence-electron chi connectivity index (χ2n) is 4.02. The first-order valence-corrected chi connectivity index (χ1v) is 7.92. The number of amides is 1. The number of anilines is 1. The summed E-state index contributed by atoms with van der Waals surface area (Å²) in [5.41, 5.74) is 1.42. The van der Waals surface area contributed by atoms with E-state index in [1.807, 2.05) is 6.07 Å². The van der Waals surface area contributed by atoms with E-state index >= 15 is 0 Å². The van der Waals surface area contributed by atoms with Crippen LogP contribution in [0.2, 0.25) is 5.15 Å². The molecule has 0 aliphatic heterocycles. The third-order valence-electron chi connectivity index (χ3n) is 2.64. The van der Waals surface area contributed by atoms with E-state index in [-0.39, 0.29) is 17.0 Å². The van der Waals surface area contributed by atoms with E-state index in [0.717, 1.165) is 3.57 Å². The summed E-state index contributed by atoms with van der Waals surface area (Å²) in [4.78, 5) is 27.3. The average Bonchev–Trinajstić information content (AvgIpc) is 2.90. The van der Waals surface area contributed by atoms with Gasteiger partial charge in [0.15, 0.2) is 10.8 Å². The molecule has 0 aliphatic carbocycles. The zero-order valence-electron chi connectivity index (χ0n) is 10.2. The Kier molecular flexibility index (Phi) is 4.09. The molecule has 1 amide bonds. The Labute approximate surface area is 146 Å². The van der Waals surface area contributed by atoms with E-state index in [0.29, 0.717) is 21.2 Å². The first-order chi connectivity index (χ1) is 10.0. The van der Waals surface area contributed by atoms with Crippen LogP contribution in [0.25, 0.3) is 11.2 Å². The molecule has 3 rings (SSSR count). The molecule has 0 radical (unpaired) electrons. The van der Waals surface area contributed by atoms with Crippen LogP contribution in [0.15, 0.2) is 29.0 Å². The molecule has 0 atom stereocenters. The molecule has 0 unspecified atom stereocenters. The lowest BCUT2D eigenvalue weighted by atomic mass is 10.2. The normalized spacial score (nSPS) is 10.8. The van der Waals surface area contributed by atoms with E-state index < -0.39 is 0 Å². The van der Waals surface area contributed by atoms with Crippen LogP contribution < -0.4 is 5.32 Å². The summed E-state index contributed by atoms with van der Waals surface area (Å²) in [5, 5.41) is 2.82. The van der Waals surface area contributed by atoms with Gasteiger partial charge in [-0.05, 0) is 56.7 Å². The van der Waals surface area contributed by atoms with Gasteiger partial charge in [0.1, 0.15) is 5.52 Å². The summed E-state index contributed by atoms with van der Waals surface area (Å²) < 4.78 is 1.63. The highest BCUT2D eigenvalue weighted by Crippen LogP contribution is 2.22.